The van der Waals surface area contributed by atoms with E-state index in [4.69, 9.17) is 14.2 Å². The summed E-state index contributed by atoms with van der Waals surface area (Å²) in [5.41, 5.74) is -5.68. The Bertz CT molecular complexity index is 2060. The van der Waals surface area contributed by atoms with Crippen LogP contribution < -0.4 is 19.5 Å². The zero-order chi connectivity index (χ0) is 40.7. The number of esters is 1. The summed E-state index contributed by atoms with van der Waals surface area (Å²) in [6, 6.07) is 10.7. The van der Waals surface area contributed by atoms with Crippen LogP contribution in [0.15, 0.2) is 73.4 Å². The van der Waals surface area contributed by atoms with E-state index in [2.05, 4.69) is 15.4 Å². The van der Waals surface area contributed by atoms with Crippen LogP contribution in [-0.4, -0.2) is 71.3 Å². The van der Waals surface area contributed by atoms with Gasteiger partial charge >= 0.3 is 18.2 Å². The van der Waals surface area contributed by atoms with E-state index in [0.717, 1.165) is 28.0 Å². The zero-order valence-corrected chi connectivity index (χ0v) is 30.3. The standard InChI is InChI=1S/C37H38F7N6O6/c1-23(56-32(52)48(3)31-24(5-4-12-46-31)15-54-30(51)14-45-2)49-21-47-50(22-49)19-35(53,28-11-8-26(38)13-29(28)39)37(43,44)34-16-33(17-34,18-34)25-6-9-27(10-7-25)55-20-36(40,41)42/h4-13,21-23,45,53H,14-20H2,1-3H3/q+1/t23?,33?,34?,35-/m1/s1. The molecule has 0 aliphatic heterocycles. The number of hydrogen-bond donors (Lipinski definition) is 2. The molecule has 2 aromatic carbocycles. The summed E-state index contributed by atoms with van der Waals surface area (Å²) < 4.78 is 118. The lowest BCUT2D eigenvalue weighted by Gasteiger charge is -2.74. The van der Waals surface area contributed by atoms with Gasteiger partial charge in [0.2, 0.25) is 12.6 Å². The van der Waals surface area contributed by atoms with Crippen LogP contribution in [0.1, 0.15) is 49.1 Å². The number of carbonyl (C=O) groups excluding carboxylic acids is 2. The van der Waals surface area contributed by atoms with Gasteiger partial charge in [-0.2, -0.15) is 17.7 Å². The number of nitrogens with one attached hydrogen (secondary N) is 1. The number of hydrogen-bond acceptors (Lipinski definition) is 9. The van der Waals surface area contributed by atoms with E-state index in [0.29, 0.717) is 17.2 Å². The number of halogens is 7. The molecule has 2 bridgehead atoms. The third-order valence-electron chi connectivity index (χ3n) is 10.3. The van der Waals surface area contributed by atoms with Gasteiger partial charge in [-0.3, -0.25) is 9.69 Å². The number of benzene rings is 2. The van der Waals surface area contributed by atoms with Crippen LogP contribution in [0, 0.1) is 17.0 Å². The molecule has 3 saturated carbocycles. The number of likely N-dealkylation sites (N-methyl/N-ethyl adjacent to an activating group) is 1. The van der Waals surface area contributed by atoms with E-state index in [1.54, 1.807) is 19.2 Å². The van der Waals surface area contributed by atoms with Crippen molar-refractivity contribution in [2.75, 3.05) is 32.1 Å². The van der Waals surface area contributed by atoms with E-state index in [-0.39, 0.29) is 44.0 Å². The summed E-state index contributed by atoms with van der Waals surface area (Å²) in [6.45, 7) is -1.25. The third-order valence-corrected chi connectivity index (χ3v) is 10.3. The van der Waals surface area contributed by atoms with Crippen molar-refractivity contribution < 1.29 is 64.2 Å². The van der Waals surface area contributed by atoms with Gasteiger partial charge in [0.05, 0.1) is 6.54 Å². The van der Waals surface area contributed by atoms with Crippen molar-refractivity contribution in [3.8, 4) is 5.75 Å². The van der Waals surface area contributed by atoms with Crippen LogP contribution in [0.2, 0.25) is 0 Å². The summed E-state index contributed by atoms with van der Waals surface area (Å²) in [5.74, 6) is -6.91. The fourth-order valence-corrected chi connectivity index (χ4v) is 7.53. The smallest absolute Gasteiger partial charge is 0.422 e. The second kappa shape index (κ2) is 15.0. The molecule has 2 atom stereocenters. The Labute approximate surface area is 315 Å². The first-order valence-corrected chi connectivity index (χ1v) is 17.3. The first kappa shape index (κ1) is 40.4. The highest BCUT2D eigenvalue weighted by Gasteiger charge is 2.82. The minimum Gasteiger partial charge on any atom is -0.484 e. The topological polar surface area (TPSA) is 132 Å². The number of anilines is 1. The minimum absolute atomic E-state index is 0.0296. The lowest BCUT2D eigenvalue weighted by atomic mass is 9.30. The van der Waals surface area contributed by atoms with Gasteiger partial charge in [0.1, 0.15) is 36.4 Å². The first-order chi connectivity index (χ1) is 26.3. The Hall–Kier alpha value is -5.30. The van der Waals surface area contributed by atoms with Crippen molar-refractivity contribution in [3.63, 3.8) is 0 Å². The highest BCUT2D eigenvalue weighted by atomic mass is 19.4. The van der Waals surface area contributed by atoms with Crippen LogP contribution in [0.25, 0.3) is 0 Å². The largest absolute Gasteiger partial charge is 0.484 e. The molecule has 1 unspecified atom stereocenters. The quantitative estimate of drug-likeness (QED) is 0.0913. The molecule has 1 amide bonds. The summed E-state index contributed by atoms with van der Waals surface area (Å²) in [6.07, 6.45) is -3.18. The molecule has 2 heterocycles. The summed E-state index contributed by atoms with van der Waals surface area (Å²) in [4.78, 5) is 30.2. The normalized spacial score (nSPS) is 20.6. The average molecular weight is 796 g/mol. The molecule has 3 fully saturated rings. The molecule has 4 aromatic rings. The first-order valence-electron chi connectivity index (χ1n) is 17.3. The highest BCUT2D eigenvalue weighted by Crippen LogP contribution is 2.80. The zero-order valence-electron chi connectivity index (χ0n) is 30.3. The van der Waals surface area contributed by atoms with Gasteiger partial charge < -0.3 is 24.6 Å². The lowest BCUT2D eigenvalue weighted by Crippen LogP contribution is -2.76. The van der Waals surface area contributed by atoms with Crippen LogP contribution in [-0.2, 0) is 38.4 Å². The Kier molecular flexibility index (Phi) is 10.8. The maximum absolute atomic E-state index is 16.9. The Morgan fingerprint density at radius 3 is 2.41 bits per heavy atom. The third kappa shape index (κ3) is 7.61. The number of alkyl halides is 5. The van der Waals surface area contributed by atoms with E-state index in [1.807, 2.05) is 0 Å². The van der Waals surface area contributed by atoms with Gasteiger partial charge in [-0.1, -0.05) is 18.2 Å². The molecule has 12 nitrogen and oxygen atoms in total. The lowest BCUT2D eigenvalue weighted by molar-refractivity contribution is -0.753. The second-order valence-electron chi connectivity index (χ2n) is 14.2. The number of aliphatic hydroxyl groups is 1. The molecule has 3 aliphatic rings. The van der Waals surface area contributed by atoms with Crippen molar-refractivity contribution in [1.82, 2.24) is 20.1 Å². The number of carbonyl (C=O) groups is 2. The molecular formula is C37H38F7N6O6+. The van der Waals surface area contributed by atoms with Crippen LogP contribution in [0.5, 0.6) is 5.75 Å². The SMILES string of the molecule is CNCC(=O)OCc1cccnc1N(C)C(=O)OC(C)[n+]1cnn(C[C@@](O)(c2ccc(F)cc2F)C(F)(F)C23CC(c4ccc(OCC(F)(F)F)cc4)(C2)C3)c1. The number of amides is 1. The van der Waals surface area contributed by atoms with Crippen molar-refractivity contribution >= 4 is 17.9 Å². The number of aromatic nitrogens is 4. The molecular weight excluding hydrogens is 757 g/mol. The fourth-order valence-electron chi connectivity index (χ4n) is 7.53. The van der Waals surface area contributed by atoms with Gasteiger partial charge in [-0.15, -0.1) is 4.68 Å². The second-order valence-corrected chi connectivity index (χ2v) is 14.2. The van der Waals surface area contributed by atoms with E-state index in [9.17, 15) is 32.3 Å². The van der Waals surface area contributed by atoms with E-state index in [1.165, 1.54) is 55.3 Å². The van der Waals surface area contributed by atoms with E-state index >= 15 is 13.2 Å². The molecule has 300 valence electrons. The Balaban J connectivity index is 1.17. The van der Waals surface area contributed by atoms with Crippen molar-refractivity contribution in [1.29, 1.82) is 0 Å². The van der Waals surface area contributed by atoms with Gasteiger partial charge in [-0.05, 0) is 67.6 Å². The Morgan fingerprint density at radius 2 is 1.77 bits per heavy atom. The molecule has 2 aromatic heterocycles. The highest BCUT2D eigenvalue weighted by molar-refractivity contribution is 5.86. The fraction of sp³-hybridized carbons (Fsp3) is 0.432. The number of pyridine rings is 1. The average Bonchev–Trinajstić information content (AvgIpc) is 3.57. The molecule has 19 heteroatoms. The molecule has 3 aliphatic carbocycles. The molecule has 2 N–H and O–H groups in total. The molecule has 0 radical (unpaired) electrons. The maximum Gasteiger partial charge on any atom is 0.422 e. The number of ether oxygens (including phenoxy) is 3. The predicted octanol–water partition coefficient (Wildman–Crippen LogP) is 5.48. The summed E-state index contributed by atoms with van der Waals surface area (Å²) in [5, 5.41) is 18.7. The minimum atomic E-state index is -4.54. The van der Waals surface area contributed by atoms with Gasteiger partial charge in [0.25, 0.3) is 12.2 Å². The van der Waals surface area contributed by atoms with Gasteiger partial charge in [0, 0.05) is 47.9 Å². The van der Waals surface area contributed by atoms with Gasteiger partial charge in [0.15, 0.2) is 12.2 Å². The van der Waals surface area contributed by atoms with Crippen LogP contribution in [0.4, 0.5) is 41.3 Å². The molecule has 56 heavy (non-hydrogen) atoms. The monoisotopic (exact) mass is 795 g/mol. The number of rotatable bonds is 15. The molecule has 0 saturated heterocycles. The molecule has 0 spiro atoms. The van der Waals surface area contributed by atoms with E-state index < -0.39 is 77.2 Å². The van der Waals surface area contributed by atoms with Crippen molar-refractivity contribution in [2.45, 2.75) is 68.7 Å². The van der Waals surface area contributed by atoms with Crippen molar-refractivity contribution in [3.05, 3.63) is 102 Å². The predicted molar refractivity (Wildman–Crippen MR) is 181 cm³/mol. The maximum atomic E-state index is 16.9. The van der Waals surface area contributed by atoms with Crippen molar-refractivity contribution in [2.24, 2.45) is 5.41 Å². The summed E-state index contributed by atoms with van der Waals surface area (Å²) in [7, 11) is 2.95. The Morgan fingerprint density at radius 1 is 1.07 bits per heavy atom. The number of nitrogens with zero attached hydrogens (tertiary/aromatic N) is 5. The van der Waals surface area contributed by atoms with Crippen LogP contribution >= 0.6 is 0 Å². The van der Waals surface area contributed by atoms with Gasteiger partial charge in [-0.25, -0.2) is 27.3 Å². The summed E-state index contributed by atoms with van der Waals surface area (Å²) >= 11 is 0. The molecule has 7 rings (SSSR count). The van der Waals surface area contributed by atoms with Crippen LogP contribution in [0.3, 0.4) is 0 Å².